The van der Waals surface area contributed by atoms with Gasteiger partial charge < -0.3 is 4.90 Å². The lowest BCUT2D eigenvalue weighted by Crippen LogP contribution is -2.43. The molecule has 17 heavy (non-hydrogen) atoms. The van der Waals surface area contributed by atoms with E-state index in [9.17, 15) is 4.79 Å². The number of hydrogen-bond donors (Lipinski definition) is 0. The highest BCUT2D eigenvalue weighted by molar-refractivity contribution is 5.95. The van der Waals surface area contributed by atoms with Crippen molar-refractivity contribution in [2.24, 2.45) is 0 Å². The maximum Gasteiger partial charge on any atom is 0.325 e. The molecule has 0 fully saturated rings. The Morgan fingerprint density at radius 2 is 2.00 bits per heavy atom. The van der Waals surface area contributed by atoms with Gasteiger partial charge in [-0.3, -0.25) is 4.90 Å². The predicted molar refractivity (Wildman–Crippen MR) is 67.0 cm³/mol. The Labute approximate surface area is 99.5 Å². The number of amides is 2. The molecule has 0 aliphatic carbocycles. The summed E-state index contributed by atoms with van der Waals surface area (Å²) in [4.78, 5) is 19.7. The van der Waals surface area contributed by atoms with E-state index >= 15 is 0 Å². The molecule has 2 amide bonds. The summed E-state index contributed by atoms with van der Waals surface area (Å²) in [5.74, 6) is 0.770. The van der Waals surface area contributed by atoms with Crippen molar-refractivity contribution >= 4 is 22.8 Å². The molecule has 0 saturated carbocycles. The van der Waals surface area contributed by atoms with Crippen molar-refractivity contribution in [1.82, 2.24) is 9.88 Å². The Bertz CT molecular complexity index is 609. The van der Waals surface area contributed by atoms with Crippen molar-refractivity contribution < 1.29 is 4.79 Å². The van der Waals surface area contributed by atoms with Crippen LogP contribution in [0, 0.1) is 0 Å². The van der Waals surface area contributed by atoms with Gasteiger partial charge in [-0.15, -0.1) is 0 Å². The van der Waals surface area contributed by atoms with Crippen molar-refractivity contribution in [1.29, 1.82) is 0 Å². The van der Waals surface area contributed by atoms with Crippen LogP contribution in [-0.2, 0) is 6.54 Å². The molecule has 1 aliphatic heterocycles. The van der Waals surface area contributed by atoms with Crippen LogP contribution in [0.1, 0.15) is 5.56 Å². The Balaban J connectivity index is 2.25. The van der Waals surface area contributed by atoms with Gasteiger partial charge in [0.15, 0.2) is 0 Å². The van der Waals surface area contributed by atoms with E-state index in [0.29, 0.717) is 6.54 Å². The predicted octanol–water partition coefficient (Wildman–Crippen LogP) is 2.24. The SMILES string of the molecule is CN1Cc2cc3ccccc3nc2N(C)C1=O. The van der Waals surface area contributed by atoms with E-state index in [-0.39, 0.29) is 6.03 Å². The number of rotatable bonds is 0. The number of pyridine rings is 1. The molecule has 0 saturated heterocycles. The molecule has 4 nitrogen and oxygen atoms in total. The van der Waals surface area contributed by atoms with Crippen LogP contribution in [0.15, 0.2) is 30.3 Å². The smallest absolute Gasteiger partial charge is 0.323 e. The minimum Gasteiger partial charge on any atom is -0.323 e. The van der Waals surface area contributed by atoms with Crippen molar-refractivity contribution in [2.75, 3.05) is 19.0 Å². The Morgan fingerprint density at radius 1 is 1.24 bits per heavy atom. The van der Waals surface area contributed by atoms with Gasteiger partial charge in [0.2, 0.25) is 0 Å². The van der Waals surface area contributed by atoms with Crippen molar-refractivity contribution in [3.8, 4) is 0 Å². The van der Waals surface area contributed by atoms with Crippen molar-refractivity contribution in [3.05, 3.63) is 35.9 Å². The topological polar surface area (TPSA) is 36.4 Å². The number of aromatic nitrogens is 1. The Morgan fingerprint density at radius 3 is 2.82 bits per heavy atom. The third kappa shape index (κ3) is 1.45. The van der Waals surface area contributed by atoms with Gasteiger partial charge in [-0.25, -0.2) is 9.78 Å². The van der Waals surface area contributed by atoms with Gasteiger partial charge in [0.25, 0.3) is 0 Å². The summed E-state index contributed by atoms with van der Waals surface area (Å²) >= 11 is 0. The van der Waals surface area contributed by atoms with E-state index < -0.39 is 0 Å². The first-order valence-corrected chi connectivity index (χ1v) is 5.54. The van der Waals surface area contributed by atoms with Gasteiger partial charge in [0.05, 0.1) is 12.1 Å². The molecular weight excluding hydrogens is 214 g/mol. The van der Waals surface area contributed by atoms with Gasteiger partial charge in [-0.2, -0.15) is 0 Å². The third-order valence-corrected chi connectivity index (χ3v) is 3.12. The van der Waals surface area contributed by atoms with E-state index in [2.05, 4.69) is 11.1 Å². The second-order valence-electron chi connectivity index (χ2n) is 4.36. The second-order valence-corrected chi connectivity index (χ2v) is 4.36. The molecule has 1 aromatic carbocycles. The van der Waals surface area contributed by atoms with Gasteiger partial charge in [0, 0.05) is 25.0 Å². The number of benzene rings is 1. The number of fused-ring (bicyclic) bond motifs is 2. The lowest BCUT2D eigenvalue weighted by Gasteiger charge is -2.31. The monoisotopic (exact) mass is 227 g/mol. The quantitative estimate of drug-likeness (QED) is 0.692. The fourth-order valence-corrected chi connectivity index (χ4v) is 2.23. The third-order valence-electron chi connectivity index (χ3n) is 3.12. The summed E-state index contributed by atoms with van der Waals surface area (Å²) in [6.45, 7) is 0.621. The first-order chi connectivity index (χ1) is 8.16. The number of nitrogens with zero attached hydrogens (tertiary/aromatic N) is 3. The molecule has 2 heterocycles. The highest BCUT2D eigenvalue weighted by Gasteiger charge is 2.26. The van der Waals surface area contributed by atoms with Crippen LogP contribution in [-0.4, -0.2) is 30.0 Å². The minimum absolute atomic E-state index is 0.0136. The summed E-state index contributed by atoms with van der Waals surface area (Å²) in [5.41, 5.74) is 2.02. The van der Waals surface area contributed by atoms with Crippen LogP contribution in [0.5, 0.6) is 0 Å². The number of anilines is 1. The van der Waals surface area contributed by atoms with Crippen LogP contribution in [0.2, 0.25) is 0 Å². The second kappa shape index (κ2) is 3.45. The molecule has 1 aliphatic rings. The van der Waals surface area contributed by atoms with Crippen LogP contribution in [0.4, 0.5) is 10.6 Å². The highest BCUT2D eigenvalue weighted by Crippen LogP contribution is 2.27. The van der Waals surface area contributed by atoms with E-state index in [1.54, 1.807) is 23.9 Å². The van der Waals surface area contributed by atoms with Crippen LogP contribution >= 0.6 is 0 Å². The zero-order valence-corrected chi connectivity index (χ0v) is 9.84. The molecule has 4 heteroatoms. The molecule has 2 aromatic rings. The summed E-state index contributed by atoms with van der Waals surface area (Å²) in [7, 11) is 3.57. The Hall–Kier alpha value is -2.10. The molecule has 3 rings (SSSR count). The fraction of sp³-hybridized carbons (Fsp3) is 0.231. The number of carbonyl (C=O) groups is 1. The fourth-order valence-electron chi connectivity index (χ4n) is 2.23. The lowest BCUT2D eigenvalue weighted by atomic mass is 10.1. The standard InChI is InChI=1S/C13H13N3O/c1-15-8-10-7-9-5-3-4-6-11(9)14-12(10)16(2)13(15)17/h3-7H,8H2,1-2H3. The van der Waals surface area contributed by atoms with E-state index in [1.807, 2.05) is 24.3 Å². The molecule has 0 bridgehead atoms. The normalized spacial score (nSPS) is 15.3. The van der Waals surface area contributed by atoms with Gasteiger partial charge >= 0.3 is 6.03 Å². The van der Waals surface area contributed by atoms with E-state index in [0.717, 1.165) is 22.3 Å². The van der Waals surface area contributed by atoms with E-state index in [4.69, 9.17) is 0 Å². The van der Waals surface area contributed by atoms with Gasteiger partial charge in [-0.05, 0) is 12.1 Å². The zero-order valence-electron chi connectivity index (χ0n) is 9.84. The minimum atomic E-state index is -0.0136. The molecule has 0 unspecified atom stereocenters. The van der Waals surface area contributed by atoms with Crippen molar-refractivity contribution in [2.45, 2.75) is 6.54 Å². The van der Waals surface area contributed by atoms with Crippen molar-refractivity contribution in [3.63, 3.8) is 0 Å². The molecule has 0 atom stereocenters. The number of para-hydroxylation sites is 1. The summed E-state index contributed by atoms with van der Waals surface area (Å²) < 4.78 is 0. The highest BCUT2D eigenvalue weighted by atomic mass is 16.2. The maximum atomic E-state index is 11.8. The largest absolute Gasteiger partial charge is 0.325 e. The average molecular weight is 227 g/mol. The number of urea groups is 1. The molecular formula is C13H13N3O. The molecule has 0 spiro atoms. The average Bonchev–Trinajstić information content (AvgIpc) is 2.34. The molecule has 0 N–H and O–H groups in total. The number of carbonyl (C=O) groups excluding carboxylic acids is 1. The lowest BCUT2D eigenvalue weighted by molar-refractivity contribution is 0.212. The number of hydrogen-bond acceptors (Lipinski definition) is 2. The first kappa shape index (κ1) is 10.1. The maximum absolute atomic E-state index is 11.8. The first-order valence-electron chi connectivity index (χ1n) is 5.54. The van der Waals surface area contributed by atoms with Crippen LogP contribution < -0.4 is 4.90 Å². The molecule has 1 aromatic heterocycles. The Kier molecular flexibility index (Phi) is 2.04. The summed E-state index contributed by atoms with van der Waals surface area (Å²) in [6.07, 6.45) is 0. The summed E-state index contributed by atoms with van der Waals surface area (Å²) in [6, 6.07) is 10.1. The zero-order chi connectivity index (χ0) is 12.0. The van der Waals surface area contributed by atoms with Gasteiger partial charge in [-0.1, -0.05) is 18.2 Å². The summed E-state index contributed by atoms with van der Waals surface area (Å²) in [5, 5.41) is 1.11. The molecule has 86 valence electrons. The van der Waals surface area contributed by atoms with Crippen LogP contribution in [0.25, 0.3) is 10.9 Å². The van der Waals surface area contributed by atoms with Crippen LogP contribution in [0.3, 0.4) is 0 Å². The molecule has 0 radical (unpaired) electrons. The van der Waals surface area contributed by atoms with E-state index in [1.165, 1.54) is 0 Å². The van der Waals surface area contributed by atoms with Gasteiger partial charge in [0.1, 0.15) is 5.82 Å².